The van der Waals surface area contributed by atoms with Crippen LogP contribution in [0.3, 0.4) is 0 Å². The first-order valence-corrected chi connectivity index (χ1v) is 7.39. The van der Waals surface area contributed by atoms with Crippen LogP contribution in [0.15, 0.2) is 12.1 Å². The molecule has 1 aliphatic rings. The molecular formula is C14H19ClN4O. The zero-order valence-electron chi connectivity index (χ0n) is 11.8. The number of ether oxygens (including phenoxy) is 1. The van der Waals surface area contributed by atoms with Gasteiger partial charge in [-0.3, -0.25) is 0 Å². The lowest BCUT2D eigenvalue weighted by Gasteiger charge is -2.13. The Hall–Kier alpha value is -1.33. The molecule has 0 radical (unpaired) electrons. The van der Waals surface area contributed by atoms with Crippen LogP contribution in [-0.2, 0) is 12.4 Å². The van der Waals surface area contributed by atoms with Crippen molar-refractivity contribution in [2.75, 3.05) is 27.2 Å². The molecule has 0 bridgehead atoms. The van der Waals surface area contributed by atoms with E-state index in [1.54, 1.807) is 7.11 Å². The van der Waals surface area contributed by atoms with Crippen molar-refractivity contribution >= 4 is 22.8 Å². The van der Waals surface area contributed by atoms with E-state index < -0.39 is 0 Å². The average Bonchev–Trinajstić information content (AvgIpc) is 3.03. The predicted octanol–water partition coefficient (Wildman–Crippen LogP) is 2.13. The third kappa shape index (κ3) is 2.47. The van der Waals surface area contributed by atoms with Gasteiger partial charge in [-0.15, -0.1) is 11.6 Å². The van der Waals surface area contributed by atoms with E-state index in [1.165, 1.54) is 6.42 Å². The highest BCUT2D eigenvalue weighted by atomic mass is 35.5. The molecule has 0 aromatic carbocycles. The lowest BCUT2D eigenvalue weighted by molar-refractivity contribution is 0.377. The van der Waals surface area contributed by atoms with Gasteiger partial charge in [0.05, 0.1) is 13.0 Å². The molecule has 3 heterocycles. The molecular weight excluding hydrogens is 276 g/mol. The molecule has 0 aliphatic carbocycles. The number of methoxy groups -OCH3 is 1. The van der Waals surface area contributed by atoms with Gasteiger partial charge < -0.3 is 14.2 Å². The lowest BCUT2D eigenvalue weighted by Crippen LogP contribution is -2.18. The molecule has 2 aromatic rings. The maximum absolute atomic E-state index is 6.04. The van der Waals surface area contributed by atoms with Gasteiger partial charge in [0.2, 0.25) is 5.88 Å². The van der Waals surface area contributed by atoms with Gasteiger partial charge in [-0.25, -0.2) is 4.98 Å². The molecule has 1 aliphatic heterocycles. The molecule has 1 saturated heterocycles. The summed E-state index contributed by atoms with van der Waals surface area (Å²) in [5, 5.41) is 0. The number of hydrogen-bond donors (Lipinski definition) is 0. The van der Waals surface area contributed by atoms with Crippen LogP contribution in [0.2, 0.25) is 0 Å². The monoisotopic (exact) mass is 294 g/mol. The van der Waals surface area contributed by atoms with Crippen molar-refractivity contribution in [1.29, 1.82) is 0 Å². The van der Waals surface area contributed by atoms with Crippen LogP contribution in [0.1, 0.15) is 12.2 Å². The van der Waals surface area contributed by atoms with E-state index in [2.05, 4.69) is 26.5 Å². The second kappa shape index (κ2) is 5.58. The molecule has 1 fully saturated rings. The highest BCUT2D eigenvalue weighted by molar-refractivity contribution is 6.16. The summed E-state index contributed by atoms with van der Waals surface area (Å²) in [7, 11) is 3.79. The van der Waals surface area contributed by atoms with E-state index in [4.69, 9.17) is 16.3 Å². The Morgan fingerprint density at radius 2 is 2.25 bits per heavy atom. The summed E-state index contributed by atoms with van der Waals surface area (Å²) in [6.45, 7) is 3.19. The minimum Gasteiger partial charge on any atom is -0.481 e. The van der Waals surface area contributed by atoms with Gasteiger partial charge in [0.1, 0.15) is 11.3 Å². The van der Waals surface area contributed by atoms with Gasteiger partial charge in [0.15, 0.2) is 5.65 Å². The van der Waals surface area contributed by atoms with Gasteiger partial charge in [0, 0.05) is 19.2 Å². The first-order chi connectivity index (χ1) is 9.71. The molecule has 0 spiro atoms. The number of nitrogens with zero attached hydrogens (tertiary/aromatic N) is 4. The Morgan fingerprint density at radius 1 is 1.40 bits per heavy atom. The first kappa shape index (κ1) is 13.6. The number of alkyl halides is 1. The van der Waals surface area contributed by atoms with E-state index in [0.29, 0.717) is 17.7 Å². The molecule has 5 nitrogen and oxygen atoms in total. The number of halogens is 1. The smallest absolute Gasteiger partial charge is 0.215 e. The molecule has 0 N–H and O–H groups in total. The van der Waals surface area contributed by atoms with Crippen molar-refractivity contribution in [3.05, 3.63) is 18.0 Å². The molecule has 108 valence electrons. The second-order valence-electron chi connectivity index (χ2n) is 5.39. The van der Waals surface area contributed by atoms with E-state index in [-0.39, 0.29) is 0 Å². The first-order valence-electron chi connectivity index (χ1n) is 6.86. The zero-order chi connectivity index (χ0) is 14.1. The molecule has 2 aromatic heterocycles. The van der Waals surface area contributed by atoms with Crippen LogP contribution < -0.4 is 4.74 Å². The molecule has 0 saturated carbocycles. The third-order valence-electron chi connectivity index (χ3n) is 3.90. The Balaban J connectivity index is 1.98. The summed E-state index contributed by atoms with van der Waals surface area (Å²) in [6.07, 6.45) is 1.21. The van der Waals surface area contributed by atoms with Crippen molar-refractivity contribution < 1.29 is 4.74 Å². The van der Waals surface area contributed by atoms with Crippen LogP contribution >= 0.6 is 11.6 Å². The second-order valence-corrected chi connectivity index (χ2v) is 5.65. The summed E-state index contributed by atoms with van der Waals surface area (Å²) < 4.78 is 7.36. The average molecular weight is 295 g/mol. The Kier molecular flexibility index (Phi) is 3.81. The molecule has 20 heavy (non-hydrogen) atoms. The van der Waals surface area contributed by atoms with E-state index >= 15 is 0 Å². The lowest BCUT2D eigenvalue weighted by atomic mass is 10.1. The fourth-order valence-electron chi connectivity index (χ4n) is 2.87. The zero-order valence-corrected chi connectivity index (χ0v) is 12.6. The Labute approximate surface area is 123 Å². The summed E-state index contributed by atoms with van der Waals surface area (Å²) in [4.78, 5) is 11.5. The van der Waals surface area contributed by atoms with Crippen LogP contribution in [0, 0.1) is 5.92 Å². The van der Waals surface area contributed by atoms with Gasteiger partial charge in [-0.1, -0.05) is 0 Å². The molecule has 0 amide bonds. The summed E-state index contributed by atoms with van der Waals surface area (Å²) in [5.41, 5.74) is 1.75. The Morgan fingerprint density at radius 3 is 2.90 bits per heavy atom. The number of rotatable bonds is 4. The number of hydrogen-bond acceptors (Lipinski definition) is 4. The number of aromatic nitrogens is 3. The summed E-state index contributed by atoms with van der Waals surface area (Å²) in [5.74, 6) is 2.54. The minimum absolute atomic E-state index is 0.404. The number of likely N-dealkylation sites (tertiary alicyclic amines) is 1. The maximum Gasteiger partial charge on any atom is 0.215 e. The molecule has 6 heteroatoms. The van der Waals surface area contributed by atoms with Crippen molar-refractivity contribution in [2.45, 2.75) is 18.8 Å². The normalized spacial score (nSPS) is 19.9. The van der Waals surface area contributed by atoms with E-state index in [1.807, 2.05) is 12.1 Å². The number of pyridine rings is 1. The van der Waals surface area contributed by atoms with E-state index in [9.17, 15) is 0 Å². The van der Waals surface area contributed by atoms with Gasteiger partial charge in [0.25, 0.3) is 0 Å². The molecule has 3 rings (SSSR count). The molecule has 1 unspecified atom stereocenters. The topological polar surface area (TPSA) is 43.2 Å². The van der Waals surface area contributed by atoms with Crippen molar-refractivity contribution in [3.8, 4) is 5.88 Å². The van der Waals surface area contributed by atoms with Crippen molar-refractivity contribution in [2.24, 2.45) is 5.92 Å². The quantitative estimate of drug-likeness (QED) is 0.810. The third-order valence-corrected chi connectivity index (χ3v) is 4.14. The standard InChI is InChI=1S/C14H19ClN4O/c1-18-6-5-10(8-18)9-19-12(7-15)16-11-3-4-13(20-2)17-14(11)19/h3-4,10H,5-9H2,1-2H3. The van der Waals surface area contributed by atoms with E-state index in [0.717, 1.165) is 36.6 Å². The van der Waals surface area contributed by atoms with Crippen LogP contribution in [0.25, 0.3) is 11.2 Å². The van der Waals surface area contributed by atoms with Gasteiger partial charge in [-0.05, 0) is 32.0 Å². The molecule has 1 atom stereocenters. The van der Waals surface area contributed by atoms with Crippen LogP contribution in [0.4, 0.5) is 0 Å². The fraction of sp³-hybridized carbons (Fsp3) is 0.571. The SMILES string of the molecule is COc1ccc2nc(CCl)n(CC3CCN(C)C3)c2n1. The summed E-state index contributed by atoms with van der Waals surface area (Å²) >= 11 is 6.04. The Bertz CT molecular complexity index is 612. The highest BCUT2D eigenvalue weighted by Crippen LogP contribution is 2.23. The van der Waals surface area contributed by atoms with Crippen molar-refractivity contribution in [1.82, 2.24) is 19.4 Å². The maximum atomic E-state index is 6.04. The van der Waals surface area contributed by atoms with Gasteiger partial charge in [-0.2, -0.15) is 4.98 Å². The number of imidazole rings is 1. The predicted molar refractivity (Wildman–Crippen MR) is 79.2 cm³/mol. The van der Waals surface area contributed by atoms with Gasteiger partial charge >= 0.3 is 0 Å². The summed E-state index contributed by atoms with van der Waals surface area (Å²) in [6, 6.07) is 3.77. The van der Waals surface area contributed by atoms with Crippen LogP contribution in [0.5, 0.6) is 5.88 Å². The van der Waals surface area contributed by atoms with Crippen molar-refractivity contribution in [3.63, 3.8) is 0 Å². The largest absolute Gasteiger partial charge is 0.481 e. The van der Waals surface area contributed by atoms with Crippen LogP contribution in [-0.4, -0.2) is 46.7 Å². The minimum atomic E-state index is 0.404. The fourth-order valence-corrected chi connectivity index (χ4v) is 3.08. The number of fused-ring (bicyclic) bond motifs is 1. The highest BCUT2D eigenvalue weighted by Gasteiger charge is 2.22.